The number of alkyl halides is 3. The van der Waals surface area contributed by atoms with Gasteiger partial charge < -0.3 is 0 Å². The second-order valence-corrected chi connectivity index (χ2v) is 7.94. The summed E-state index contributed by atoms with van der Waals surface area (Å²) in [5.74, 6) is -0.748. The number of halogens is 3. The zero-order valence-corrected chi connectivity index (χ0v) is 17.7. The second-order valence-electron chi connectivity index (χ2n) is 7.00. The number of carbonyl (C=O) groups excluding carboxylic acids is 1. The van der Waals surface area contributed by atoms with Crippen molar-refractivity contribution >= 4 is 28.4 Å². The molecule has 164 valence electrons. The largest absolute Gasteiger partial charge is 0.416 e. The molecule has 0 radical (unpaired) electrons. The Morgan fingerprint density at radius 3 is 2.45 bits per heavy atom. The molecule has 0 atom stereocenters. The molecule has 4 rings (SSSR count). The van der Waals surface area contributed by atoms with E-state index in [1.807, 2.05) is 6.07 Å². The van der Waals surface area contributed by atoms with E-state index in [1.165, 1.54) is 16.7 Å². The summed E-state index contributed by atoms with van der Waals surface area (Å²) in [6.45, 7) is 0. The highest BCUT2D eigenvalue weighted by atomic mass is 32.2. The van der Waals surface area contributed by atoms with Gasteiger partial charge in [0.1, 0.15) is 0 Å². The minimum atomic E-state index is -4.56. The van der Waals surface area contributed by atoms with E-state index in [0.29, 0.717) is 22.2 Å². The smallest absolute Gasteiger partial charge is 0.293 e. The van der Waals surface area contributed by atoms with Crippen LogP contribution in [0.3, 0.4) is 0 Å². The molecule has 1 aromatic heterocycles. The molecule has 0 aliphatic heterocycles. The second kappa shape index (κ2) is 8.92. The van der Waals surface area contributed by atoms with Crippen molar-refractivity contribution in [3.8, 4) is 11.8 Å². The molecule has 0 aliphatic rings. The van der Waals surface area contributed by atoms with Crippen LogP contribution in [0.4, 0.5) is 13.2 Å². The number of fused-ring (bicyclic) bond motifs is 1. The maximum atomic E-state index is 13.2. The van der Waals surface area contributed by atoms with Crippen LogP contribution in [0.1, 0.15) is 21.5 Å². The highest BCUT2D eigenvalue weighted by Gasteiger charge is 2.31. The summed E-state index contributed by atoms with van der Waals surface area (Å²) in [4.78, 5) is 30.4. The van der Waals surface area contributed by atoms with Crippen LogP contribution in [0.15, 0.2) is 82.7 Å². The van der Waals surface area contributed by atoms with E-state index in [2.05, 4.69) is 4.98 Å². The highest BCUT2D eigenvalue weighted by molar-refractivity contribution is 7.99. The monoisotopic (exact) mass is 465 g/mol. The van der Waals surface area contributed by atoms with Gasteiger partial charge in [-0.2, -0.15) is 18.4 Å². The first-order valence-electron chi connectivity index (χ1n) is 9.63. The maximum Gasteiger partial charge on any atom is 0.416 e. The van der Waals surface area contributed by atoms with Crippen LogP contribution in [0, 0.1) is 11.3 Å². The molecule has 3 aromatic carbocycles. The molecule has 0 saturated carbocycles. The van der Waals surface area contributed by atoms with Crippen LogP contribution < -0.4 is 5.56 Å². The fraction of sp³-hybridized carbons (Fsp3) is 0.0833. The van der Waals surface area contributed by atoms with Crippen molar-refractivity contribution in [3.05, 3.63) is 99.8 Å². The molecule has 9 heteroatoms. The summed E-state index contributed by atoms with van der Waals surface area (Å²) >= 11 is 0.953. The molecule has 33 heavy (non-hydrogen) atoms. The van der Waals surface area contributed by atoms with Crippen molar-refractivity contribution in [1.29, 1.82) is 5.26 Å². The summed E-state index contributed by atoms with van der Waals surface area (Å²) in [5, 5.41) is 9.61. The van der Waals surface area contributed by atoms with Crippen molar-refractivity contribution in [2.45, 2.75) is 11.3 Å². The molecule has 0 N–H and O–H groups in total. The number of para-hydroxylation sites is 1. The molecule has 4 aromatic rings. The van der Waals surface area contributed by atoms with Gasteiger partial charge in [0.05, 0.1) is 39.5 Å². The molecule has 0 bridgehead atoms. The molecule has 0 amide bonds. The third-order valence-corrected chi connectivity index (χ3v) is 5.78. The normalized spacial score (nSPS) is 11.3. The van der Waals surface area contributed by atoms with E-state index < -0.39 is 17.5 Å². The minimum Gasteiger partial charge on any atom is -0.293 e. The third kappa shape index (κ3) is 4.66. The Labute approximate surface area is 190 Å². The number of aromatic nitrogens is 2. The molecule has 0 saturated heterocycles. The number of thioether (sulfide) groups is 1. The number of ketones is 1. The number of benzene rings is 3. The van der Waals surface area contributed by atoms with Crippen molar-refractivity contribution in [2.24, 2.45) is 0 Å². The van der Waals surface area contributed by atoms with Gasteiger partial charge in [-0.3, -0.25) is 14.2 Å². The van der Waals surface area contributed by atoms with Crippen LogP contribution >= 0.6 is 11.8 Å². The van der Waals surface area contributed by atoms with Gasteiger partial charge in [-0.1, -0.05) is 36.0 Å². The number of nitrogens with zero attached hydrogens (tertiary/aromatic N) is 3. The lowest BCUT2D eigenvalue weighted by atomic mass is 10.1. The van der Waals surface area contributed by atoms with Crippen LogP contribution in [0.5, 0.6) is 0 Å². The summed E-state index contributed by atoms with van der Waals surface area (Å²) in [6.07, 6.45) is -4.56. The number of rotatable bonds is 5. The fourth-order valence-electron chi connectivity index (χ4n) is 3.20. The van der Waals surface area contributed by atoms with Crippen molar-refractivity contribution in [1.82, 2.24) is 9.55 Å². The zero-order chi connectivity index (χ0) is 23.6. The van der Waals surface area contributed by atoms with Crippen LogP contribution in [0.2, 0.25) is 0 Å². The lowest BCUT2D eigenvalue weighted by Crippen LogP contribution is -2.22. The van der Waals surface area contributed by atoms with E-state index in [4.69, 9.17) is 5.26 Å². The van der Waals surface area contributed by atoms with Gasteiger partial charge in [0, 0.05) is 5.56 Å². The summed E-state index contributed by atoms with van der Waals surface area (Å²) in [6, 6.07) is 19.2. The van der Waals surface area contributed by atoms with Crippen molar-refractivity contribution < 1.29 is 18.0 Å². The zero-order valence-electron chi connectivity index (χ0n) is 16.8. The maximum absolute atomic E-state index is 13.2. The van der Waals surface area contributed by atoms with E-state index in [9.17, 15) is 22.8 Å². The van der Waals surface area contributed by atoms with E-state index in [-0.39, 0.29) is 22.0 Å². The predicted octanol–water partition coefficient (Wildman–Crippen LogP) is 5.25. The molecule has 5 nitrogen and oxygen atoms in total. The topological polar surface area (TPSA) is 75.8 Å². The highest BCUT2D eigenvalue weighted by Crippen LogP contribution is 2.30. The summed E-state index contributed by atoms with van der Waals surface area (Å²) in [5.41, 5.74) is -0.0523. The molecule has 0 unspecified atom stereocenters. The van der Waals surface area contributed by atoms with Gasteiger partial charge in [-0.05, 0) is 48.5 Å². The summed E-state index contributed by atoms with van der Waals surface area (Å²) < 4.78 is 40.3. The molecule has 0 spiro atoms. The van der Waals surface area contributed by atoms with Gasteiger partial charge in [-0.15, -0.1) is 0 Å². The first-order valence-corrected chi connectivity index (χ1v) is 10.6. The Hall–Kier alpha value is -3.90. The quantitative estimate of drug-likeness (QED) is 0.229. The lowest BCUT2D eigenvalue weighted by Gasteiger charge is -2.13. The Kier molecular flexibility index (Phi) is 6.03. The first kappa shape index (κ1) is 22.3. The lowest BCUT2D eigenvalue weighted by molar-refractivity contribution is -0.137. The molecule has 0 aliphatic carbocycles. The number of carbonyl (C=O) groups is 1. The SMILES string of the molecule is N#Cc1ccc(-n2c(SCC(=O)c3cccc(C(F)(F)F)c3)nc3ccccc3c2=O)cc1. The Bertz CT molecular complexity index is 1460. The van der Waals surface area contributed by atoms with Crippen molar-refractivity contribution in [3.63, 3.8) is 0 Å². The molecule has 1 heterocycles. The third-order valence-electron chi connectivity index (χ3n) is 4.84. The number of Topliss-reactive ketones (excluding diaryl/α,β-unsaturated/α-hetero) is 1. The van der Waals surface area contributed by atoms with Crippen LogP contribution in [-0.2, 0) is 6.18 Å². The molecular weight excluding hydrogens is 451 g/mol. The minimum absolute atomic E-state index is 0.0783. The van der Waals surface area contributed by atoms with Crippen molar-refractivity contribution in [2.75, 3.05) is 5.75 Å². The Balaban J connectivity index is 1.72. The molecular formula is C24H14F3N3O2S. The summed E-state index contributed by atoms with van der Waals surface area (Å²) in [7, 11) is 0. The van der Waals surface area contributed by atoms with E-state index >= 15 is 0 Å². The van der Waals surface area contributed by atoms with Gasteiger partial charge in [-0.25, -0.2) is 4.98 Å². The number of hydrogen-bond acceptors (Lipinski definition) is 5. The van der Waals surface area contributed by atoms with Crippen LogP contribution in [-0.4, -0.2) is 21.1 Å². The van der Waals surface area contributed by atoms with Gasteiger partial charge in [0.15, 0.2) is 10.9 Å². The van der Waals surface area contributed by atoms with E-state index in [0.717, 1.165) is 23.9 Å². The number of nitriles is 1. The van der Waals surface area contributed by atoms with Gasteiger partial charge in [0.25, 0.3) is 5.56 Å². The average molecular weight is 465 g/mol. The number of hydrogen-bond donors (Lipinski definition) is 0. The van der Waals surface area contributed by atoms with E-state index in [1.54, 1.807) is 48.5 Å². The Morgan fingerprint density at radius 1 is 1.03 bits per heavy atom. The van der Waals surface area contributed by atoms with Gasteiger partial charge >= 0.3 is 6.18 Å². The average Bonchev–Trinajstić information content (AvgIpc) is 2.82. The predicted molar refractivity (Wildman–Crippen MR) is 119 cm³/mol. The standard InChI is InChI=1S/C24H14F3N3O2S/c25-24(26,27)17-5-3-4-16(12-17)21(31)14-33-23-29-20-7-2-1-6-19(20)22(32)30(23)18-10-8-15(13-28)9-11-18/h1-12H,14H2. The molecule has 0 fully saturated rings. The van der Waals surface area contributed by atoms with Gasteiger partial charge in [0.2, 0.25) is 0 Å². The Morgan fingerprint density at radius 2 is 1.76 bits per heavy atom. The van der Waals surface area contributed by atoms with Crippen LogP contribution in [0.25, 0.3) is 16.6 Å². The first-order chi connectivity index (χ1) is 15.8. The fourth-order valence-corrected chi connectivity index (χ4v) is 4.11.